The van der Waals surface area contributed by atoms with Gasteiger partial charge >= 0.3 is 0 Å². The van der Waals surface area contributed by atoms with Crippen molar-refractivity contribution in [3.63, 3.8) is 0 Å². The van der Waals surface area contributed by atoms with Gasteiger partial charge in [-0.3, -0.25) is 9.59 Å². The highest BCUT2D eigenvalue weighted by molar-refractivity contribution is 6.30. The summed E-state index contributed by atoms with van der Waals surface area (Å²) in [6.45, 7) is 0.434. The second-order valence-electron chi connectivity index (χ2n) is 7.60. The Morgan fingerprint density at radius 2 is 1.64 bits per heavy atom. The maximum Gasteiger partial charge on any atom is 0.254 e. The van der Waals surface area contributed by atoms with Gasteiger partial charge in [0.25, 0.3) is 11.5 Å². The molecular formula is C26H23ClN2O4. The molecule has 4 rings (SSSR count). The van der Waals surface area contributed by atoms with Crippen molar-refractivity contribution in [3.8, 4) is 11.5 Å². The van der Waals surface area contributed by atoms with Crippen molar-refractivity contribution in [1.29, 1.82) is 0 Å². The van der Waals surface area contributed by atoms with Gasteiger partial charge in [-0.1, -0.05) is 29.8 Å². The summed E-state index contributed by atoms with van der Waals surface area (Å²) in [6, 6.07) is 21.5. The Kier molecular flexibility index (Phi) is 6.66. The number of hydrogen-bond acceptors (Lipinski definition) is 4. The summed E-state index contributed by atoms with van der Waals surface area (Å²) in [5, 5.41) is 1.44. The highest BCUT2D eigenvalue weighted by atomic mass is 35.5. The Balaban J connectivity index is 1.72. The van der Waals surface area contributed by atoms with Crippen molar-refractivity contribution in [2.45, 2.75) is 13.1 Å². The van der Waals surface area contributed by atoms with Crippen LogP contribution in [0.4, 0.5) is 0 Å². The third kappa shape index (κ3) is 5.18. The average molecular weight is 463 g/mol. The standard InChI is InChI=1S/C26H23ClN2O4/c1-32-22-5-3-4-18(13-22)26(31)29(15-17-6-8-21(27)9-7-17)16-20-12-19-14-23(33-2)10-11-24(19)28-25(20)30/h3-14H,15-16H2,1-2H3,(H,28,30). The van der Waals surface area contributed by atoms with E-state index in [1.807, 2.05) is 18.2 Å². The van der Waals surface area contributed by atoms with Gasteiger partial charge in [-0.15, -0.1) is 0 Å². The minimum absolute atomic E-state index is 0.126. The monoisotopic (exact) mass is 462 g/mol. The molecule has 1 amide bonds. The molecular weight excluding hydrogens is 440 g/mol. The van der Waals surface area contributed by atoms with Gasteiger partial charge in [0.2, 0.25) is 0 Å². The summed E-state index contributed by atoms with van der Waals surface area (Å²) in [5.74, 6) is 1.06. The van der Waals surface area contributed by atoms with Gasteiger partial charge in [0.05, 0.1) is 20.8 Å². The number of ether oxygens (including phenoxy) is 2. The summed E-state index contributed by atoms with van der Waals surface area (Å²) in [6.07, 6.45) is 0. The molecule has 0 aliphatic rings. The zero-order valence-corrected chi connectivity index (χ0v) is 19.1. The average Bonchev–Trinajstić information content (AvgIpc) is 2.84. The first-order chi connectivity index (χ1) is 16.0. The van der Waals surface area contributed by atoms with Gasteiger partial charge in [0, 0.05) is 33.6 Å². The normalized spacial score (nSPS) is 10.8. The first-order valence-electron chi connectivity index (χ1n) is 10.3. The lowest BCUT2D eigenvalue weighted by atomic mass is 10.1. The molecule has 0 atom stereocenters. The van der Waals surface area contributed by atoms with Crippen molar-refractivity contribution >= 4 is 28.4 Å². The van der Waals surface area contributed by atoms with Crippen LogP contribution in [0.15, 0.2) is 77.6 Å². The number of nitrogens with zero attached hydrogens (tertiary/aromatic N) is 1. The van der Waals surface area contributed by atoms with E-state index in [4.69, 9.17) is 21.1 Å². The van der Waals surface area contributed by atoms with E-state index in [9.17, 15) is 9.59 Å². The maximum absolute atomic E-state index is 13.5. The van der Waals surface area contributed by atoms with Crippen LogP contribution in [0.2, 0.25) is 5.02 Å². The highest BCUT2D eigenvalue weighted by Gasteiger charge is 2.19. The molecule has 1 N–H and O–H groups in total. The first-order valence-corrected chi connectivity index (χ1v) is 10.7. The quantitative estimate of drug-likeness (QED) is 0.417. The first kappa shape index (κ1) is 22.4. The number of aromatic nitrogens is 1. The smallest absolute Gasteiger partial charge is 0.254 e. The van der Waals surface area contributed by atoms with Crippen LogP contribution in [0, 0.1) is 0 Å². The predicted octanol–water partition coefficient (Wildman–Crippen LogP) is 5.04. The molecule has 0 unspecified atom stereocenters. The Bertz CT molecular complexity index is 1350. The van der Waals surface area contributed by atoms with Crippen LogP contribution in [0.1, 0.15) is 21.5 Å². The SMILES string of the molecule is COc1cccc(C(=O)N(Cc2ccc(Cl)cc2)Cc2cc3cc(OC)ccc3[nH]c2=O)c1. The van der Waals surface area contributed by atoms with E-state index in [0.29, 0.717) is 39.7 Å². The van der Waals surface area contributed by atoms with Gasteiger partial charge < -0.3 is 19.4 Å². The summed E-state index contributed by atoms with van der Waals surface area (Å²) in [7, 11) is 3.15. The fourth-order valence-corrected chi connectivity index (χ4v) is 3.75. The minimum Gasteiger partial charge on any atom is -0.497 e. The summed E-state index contributed by atoms with van der Waals surface area (Å²) in [5.41, 5.74) is 2.30. The largest absolute Gasteiger partial charge is 0.497 e. The van der Waals surface area contributed by atoms with Crippen LogP contribution >= 0.6 is 11.6 Å². The molecule has 0 aliphatic heterocycles. The number of methoxy groups -OCH3 is 2. The zero-order valence-electron chi connectivity index (χ0n) is 18.3. The van der Waals surface area contributed by atoms with E-state index >= 15 is 0 Å². The Morgan fingerprint density at radius 1 is 0.909 bits per heavy atom. The van der Waals surface area contributed by atoms with Crippen LogP contribution in [-0.4, -0.2) is 30.0 Å². The van der Waals surface area contributed by atoms with Crippen molar-refractivity contribution < 1.29 is 14.3 Å². The van der Waals surface area contributed by atoms with Gasteiger partial charge in [-0.25, -0.2) is 0 Å². The Morgan fingerprint density at radius 3 is 2.36 bits per heavy atom. The lowest BCUT2D eigenvalue weighted by Gasteiger charge is -2.23. The van der Waals surface area contributed by atoms with Gasteiger partial charge in [0.15, 0.2) is 0 Å². The van der Waals surface area contributed by atoms with E-state index in [1.165, 1.54) is 0 Å². The molecule has 7 heteroatoms. The molecule has 0 saturated carbocycles. The molecule has 1 heterocycles. The van der Waals surface area contributed by atoms with Crippen LogP contribution in [0.5, 0.6) is 11.5 Å². The maximum atomic E-state index is 13.5. The van der Waals surface area contributed by atoms with Crippen molar-refractivity contribution in [2.75, 3.05) is 14.2 Å². The van der Waals surface area contributed by atoms with E-state index < -0.39 is 0 Å². The number of amides is 1. The number of H-pyrrole nitrogens is 1. The zero-order chi connectivity index (χ0) is 23.4. The lowest BCUT2D eigenvalue weighted by Crippen LogP contribution is -2.32. The molecule has 1 aromatic heterocycles. The molecule has 0 saturated heterocycles. The molecule has 0 spiro atoms. The number of aromatic amines is 1. The molecule has 0 aliphatic carbocycles. The summed E-state index contributed by atoms with van der Waals surface area (Å²) < 4.78 is 10.6. The van der Waals surface area contributed by atoms with E-state index in [1.54, 1.807) is 73.7 Å². The Labute approximate surface area is 196 Å². The lowest BCUT2D eigenvalue weighted by molar-refractivity contribution is 0.0729. The number of carbonyl (C=O) groups excluding carboxylic acids is 1. The third-order valence-electron chi connectivity index (χ3n) is 5.38. The van der Waals surface area contributed by atoms with Crippen LogP contribution in [-0.2, 0) is 13.1 Å². The second-order valence-corrected chi connectivity index (χ2v) is 8.03. The van der Waals surface area contributed by atoms with Gasteiger partial charge in [-0.05, 0) is 60.2 Å². The summed E-state index contributed by atoms with van der Waals surface area (Å²) in [4.78, 5) is 30.8. The number of benzene rings is 3. The topological polar surface area (TPSA) is 71.6 Å². The number of rotatable bonds is 7. The van der Waals surface area contributed by atoms with Crippen LogP contribution in [0.25, 0.3) is 10.9 Å². The fourth-order valence-electron chi connectivity index (χ4n) is 3.63. The molecule has 3 aromatic carbocycles. The number of hydrogen-bond donors (Lipinski definition) is 1. The molecule has 0 radical (unpaired) electrons. The van der Waals surface area contributed by atoms with Crippen LogP contribution in [0.3, 0.4) is 0 Å². The molecule has 33 heavy (non-hydrogen) atoms. The van der Waals surface area contributed by atoms with Gasteiger partial charge in [-0.2, -0.15) is 0 Å². The highest BCUT2D eigenvalue weighted by Crippen LogP contribution is 2.21. The number of pyridine rings is 1. The number of carbonyl (C=O) groups is 1. The molecule has 168 valence electrons. The predicted molar refractivity (Wildman–Crippen MR) is 129 cm³/mol. The number of halogens is 1. The molecule has 6 nitrogen and oxygen atoms in total. The fraction of sp³-hybridized carbons (Fsp3) is 0.154. The molecule has 4 aromatic rings. The number of nitrogens with one attached hydrogen (secondary N) is 1. The van der Waals surface area contributed by atoms with Crippen LogP contribution < -0.4 is 15.0 Å². The molecule has 0 fully saturated rings. The van der Waals surface area contributed by atoms with E-state index in [-0.39, 0.29) is 18.0 Å². The van der Waals surface area contributed by atoms with Crippen molar-refractivity contribution in [3.05, 3.63) is 105 Å². The van der Waals surface area contributed by atoms with Crippen molar-refractivity contribution in [1.82, 2.24) is 9.88 Å². The second kappa shape index (κ2) is 9.79. The van der Waals surface area contributed by atoms with Gasteiger partial charge in [0.1, 0.15) is 11.5 Å². The van der Waals surface area contributed by atoms with Crippen molar-refractivity contribution in [2.24, 2.45) is 0 Å². The van der Waals surface area contributed by atoms with E-state index in [0.717, 1.165) is 10.9 Å². The Hall–Kier alpha value is -3.77. The summed E-state index contributed by atoms with van der Waals surface area (Å²) >= 11 is 6.02. The molecule has 0 bridgehead atoms. The minimum atomic E-state index is -0.243. The van der Waals surface area contributed by atoms with E-state index in [2.05, 4.69) is 4.98 Å². The third-order valence-corrected chi connectivity index (χ3v) is 5.63. The number of fused-ring (bicyclic) bond motifs is 1.